The van der Waals surface area contributed by atoms with Gasteiger partial charge in [0.25, 0.3) is 0 Å². The summed E-state index contributed by atoms with van der Waals surface area (Å²) in [5.41, 5.74) is 0. The van der Waals surface area contributed by atoms with Crippen LogP contribution in [0.25, 0.3) is 0 Å². The van der Waals surface area contributed by atoms with E-state index in [0.29, 0.717) is 6.61 Å². The lowest BCUT2D eigenvalue weighted by atomic mass is 10.3. The summed E-state index contributed by atoms with van der Waals surface area (Å²) in [6.07, 6.45) is 0.549. The Balaban J connectivity index is 3.06. The lowest BCUT2D eigenvalue weighted by molar-refractivity contribution is 0.0151. The molecule has 9 heavy (non-hydrogen) atoms. The molecular weight excluding hydrogens is 116 g/mol. The highest BCUT2D eigenvalue weighted by molar-refractivity contribution is 4.56. The summed E-state index contributed by atoms with van der Waals surface area (Å²) in [4.78, 5) is 0. The van der Waals surface area contributed by atoms with Gasteiger partial charge in [0.2, 0.25) is 0 Å². The van der Waals surface area contributed by atoms with Gasteiger partial charge in [0, 0.05) is 0 Å². The highest BCUT2D eigenvalue weighted by atomic mass is 16.5. The second-order valence-electron chi connectivity index (χ2n) is 2.21. The molecule has 1 radical (unpaired) electrons. The fourth-order valence-corrected chi connectivity index (χ4v) is 0.393. The van der Waals surface area contributed by atoms with Crippen LogP contribution < -0.4 is 0 Å². The van der Waals surface area contributed by atoms with Crippen LogP contribution in [0, 0.1) is 6.92 Å². The predicted octanol–water partition coefficient (Wildman–Crippen LogP) is 0.996. The van der Waals surface area contributed by atoms with Crippen LogP contribution in [0.1, 0.15) is 20.3 Å². The van der Waals surface area contributed by atoms with E-state index in [0.717, 1.165) is 6.42 Å². The Kier molecular flexibility index (Phi) is 4.72. The largest absolute Gasteiger partial charge is 0.391 e. The number of hydrogen-bond acceptors (Lipinski definition) is 2. The average Bonchev–Trinajstić information content (AvgIpc) is 1.83. The Morgan fingerprint density at radius 3 is 2.56 bits per heavy atom. The smallest absolute Gasteiger partial charge is 0.0745 e. The minimum atomic E-state index is -0.374. The topological polar surface area (TPSA) is 29.5 Å². The lowest BCUT2D eigenvalue weighted by Crippen LogP contribution is -2.16. The minimum Gasteiger partial charge on any atom is -0.391 e. The van der Waals surface area contributed by atoms with Gasteiger partial charge in [-0.3, -0.25) is 0 Å². The number of hydrogen-bond donors (Lipinski definition) is 1. The number of rotatable bonds is 4. The molecule has 0 aliphatic carbocycles. The second kappa shape index (κ2) is 4.77. The summed E-state index contributed by atoms with van der Waals surface area (Å²) in [7, 11) is 0. The molecule has 2 unspecified atom stereocenters. The highest BCUT2D eigenvalue weighted by Gasteiger charge is 1.99. The molecule has 0 aromatic carbocycles. The fourth-order valence-electron chi connectivity index (χ4n) is 0.393. The van der Waals surface area contributed by atoms with Crippen molar-refractivity contribution in [3.05, 3.63) is 6.92 Å². The predicted molar refractivity (Wildman–Crippen MR) is 37.1 cm³/mol. The van der Waals surface area contributed by atoms with E-state index in [1.807, 2.05) is 6.92 Å². The summed E-state index contributed by atoms with van der Waals surface area (Å²) in [5.74, 6) is 0. The van der Waals surface area contributed by atoms with Crippen molar-refractivity contribution >= 4 is 0 Å². The van der Waals surface area contributed by atoms with E-state index in [9.17, 15) is 0 Å². The summed E-state index contributed by atoms with van der Waals surface area (Å²) in [6.45, 7) is 7.78. The van der Waals surface area contributed by atoms with Crippen LogP contribution in [0.5, 0.6) is 0 Å². The first kappa shape index (κ1) is 8.92. The Bertz CT molecular complexity index is 61.9. The van der Waals surface area contributed by atoms with Gasteiger partial charge in [-0.15, -0.1) is 0 Å². The van der Waals surface area contributed by atoms with Crippen molar-refractivity contribution in [2.24, 2.45) is 0 Å². The van der Waals surface area contributed by atoms with Crippen LogP contribution in [-0.4, -0.2) is 23.9 Å². The Hall–Kier alpha value is -0.0800. The SMILES string of the molecule is [CH2]C(CC)OCC(C)O. The van der Waals surface area contributed by atoms with E-state index < -0.39 is 0 Å². The monoisotopic (exact) mass is 131 g/mol. The molecule has 2 heteroatoms. The van der Waals surface area contributed by atoms with Crippen LogP contribution in [0.15, 0.2) is 0 Å². The van der Waals surface area contributed by atoms with Crippen LogP contribution in [-0.2, 0) is 4.74 Å². The van der Waals surface area contributed by atoms with Crippen molar-refractivity contribution in [1.29, 1.82) is 0 Å². The molecule has 2 nitrogen and oxygen atoms in total. The molecular formula is C7H15O2. The van der Waals surface area contributed by atoms with E-state index in [4.69, 9.17) is 9.84 Å². The fraction of sp³-hybridized carbons (Fsp3) is 0.857. The first-order valence-electron chi connectivity index (χ1n) is 3.29. The zero-order valence-corrected chi connectivity index (χ0v) is 6.13. The number of aliphatic hydroxyl groups excluding tert-OH is 1. The first-order valence-corrected chi connectivity index (χ1v) is 3.29. The van der Waals surface area contributed by atoms with Crippen molar-refractivity contribution in [1.82, 2.24) is 0 Å². The molecule has 0 heterocycles. The van der Waals surface area contributed by atoms with Crippen molar-refractivity contribution in [3.8, 4) is 0 Å². The van der Waals surface area contributed by atoms with E-state index >= 15 is 0 Å². The van der Waals surface area contributed by atoms with Gasteiger partial charge in [0.1, 0.15) is 0 Å². The van der Waals surface area contributed by atoms with E-state index in [1.54, 1.807) is 6.92 Å². The lowest BCUT2D eigenvalue weighted by Gasteiger charge is -2.10. The molecule has 0 aromatic rings. The average molecular weight is 131 g/mol. The zero-order valence-electron chi connectivity index (χ0n) is 6.13. The van der Waals surface area contributed by atoms with Gasteiger partial charge in [-0.25, -0.2) is 0 Å². The minimum absolute atomic E-state index is 0.0274. The van der Waals surface area contributed by atoms with Gasteiger partial charge in [0.15, 0.2) is 0 Å². The van der Waals surface area contributed by atoms with Crippen LogP contribution >= 0.6 is 0 Å². The molecule has 0 rings (SSSR count). The van der Waals surface area contributed by atoms with Crippen LogP contribution in [0.2, 0.25) is 0 Å². The van der Waals surface area contributed by atoms with Gasteiger partial charge in [0.05, 0.1) is 18.8 Å². The molecule has 0 saturated heterocycles. The van der Waals surface area contributed by atoms with Crippen LogP contribution in [0.4, 0.5) is 0 Å². The Labute approximate surface area is 56.8 Å². The van der Waals surface area contributed by atoms with Crippen molar-refractivity contribution in [3.63, 3.8) is 0 Å². The molecule has 0 aliphatic heterocycles. The molecule has 55 valence electrons. The third kappa shape index (κ3) is 5.80. The second-order valence-corrected chi connectivity index (χ2v) is 2.21. The zero-order chi connectivity index (χ0) is 7.28. The van der Waals surface area contributed by atoms with E-state index in [2.05, 4.69) is 6.92 Å². The van der Waals surface area contributed by atoms with Crippen molar-refractivity contribution in [2.75, 3.05) is 6.61 Å². The van der Waals surface area contributed by atoms with E-state index in [1.165, 1.54) is 0 Å². The van der Waals surface area contributed by atoms with Gasteiger partial charge in [-0.2, -0.15) is 0 Å². The maximum atomic E-state index is 8.74. The van der Waals surface area contributed by atoms with Crippen LogP contribution in [0.3, 0.4) is 0 Å². The summed E-state index contributed by atoms with van der Waals surface area (Å²) in [6, 6.07) is 0. The quantitative estimate of drug-likeness (QED) is 0.616. The summed E-state index contributed by atoms with van der Waals surface area (Å²) >= 11 is 0. The molecule has 0 aromatic heterocycles. The van der Waals surface area contributed by atoms with E-state index in [-0.39, 0.29) is 12.2 Å². The first-order chi connectivity index (χ1) is 4.16. The third-order valence-electron chi connectivity index (χ3n) is 1.03. The molecule has 0 saturated carbocycles. The van der Waals surface area contributed by atoms with Crippen molar-refractivity contribution in [2.45, 2.75) is 32.5 Å². The van der Waals surface area contributed by atoms with Gasteiger partial charge in [-0.1, -0.05) is 6.92 Å². The highest BCUT2D eigenvalue weighted by Crippen LogP contribution is 1.95. The molecule has 0 amide bonds. The Morgan fingerprint density at radius 1 is 1.67 bits per heavy atom. The standard InChI is InChI=1S/C7H15O2/c1-4-7(3)9-5-6(2)8/h6-8H,3-5H2,1-2H3. The molecule has 0 spiro atoms. The molecule has 0 aliphatic rings. The third-order valence-corrected chi connectivity index (χ3v) is 1.03. The summed E-state index contributed by atoms with van der Waals surface area (Å²) < 4.78 is 5.09. The number of ether oxygens (including phenoxy) is 1. The van der Waals surface area contributed by atoms with Gasteiger partial charge >= 0.3 is 0 Å². The van der Waals surface area contributed by atoms with Crippen molar-refractivity contribution < 1.29 is 9.84 Å². The van der Waals surface area contributed by atoms with Gasteiger partial charge < -0.3 is 9.84 Å². The molecule has 1 N–H and O–H groups in total. The van der Waals surface area contributed by atoms with Gasteiger partial charge in [-0.05, 0) is 20.3 Å². The molecule has 2 atom stereocenters. The number of aliphatic hydroxyl groups is 1. The molecule has 0 bridgehead atoms. The summed E-state index contributed by atoms with van der Waals surface area (Å²) in [5, 5.41) is 8.74. The molecule has 0 fully saturated rings. The normalized spacial score (nSPS) is 17.3. The maximum Gasteiger partial charge on any atom is 0.0745 e. The maximum absolute atomic E-state index is 8.74. The Morgan fingerprint density at radius 2 is 2.22 bits per heavy atom.